The molecule has 4 amide bonds. The van der Waals surface area contributed by atoms with Gasteiger partial charge < -0.3 is 24.7 Å². The lowest BCUT2D eigenvalue weighted by Crippen LogP contribution is -2.49. The van der Waals surface area contributed by atoms with E-state index < -0.39 is 23.4 Å². The molecule has 39 heavy (non-hydrogen) atoms. The van der Waals surface area contributed by atoms with E-state index in [-0.39, 0.29) is 17.8 Å². The summed E-state index contributed by atoms with van der Waals surface area (Å²) in [5.41, 5.74) is 2.73. The van der Waals surface area contributed by atoms with Crippen molar-refractivity contribution < 1.29 is 23.9 Å². The first kappa shape index (κ1) is 24.5. The van der Waals surface area contributed by atoms with Crippen LogP contribution in [0.1, 0.15) is 34.1 Å². The lowest BCUT2D eigenvalue weighted by Gasteiger charge is -2.35. The van der Waals surface area contributed by atoms with Crippen LogP contribution in [0.3, 0.4) is 0 Å². The second-order valence-electron chi connectivity index (χ2n) is 9.80. The molecule has 2 aliphatic rings. The number of ether oxygens (including phenoxy) is 2. The third-order valence-corrected chi connectivity index (χ3v) is 7.79. The van der Waals surface area contributed by atoms with Crippen LogP contribution in [0.2, 0.25) is 0 Å². The molecule has 1 aromatic heterocycles. The summed E-state index contributed by atoms with van der Waals surface area (Å²) in [7, 11) is 3.12. The maximum atomic E-state index is 14.1. The number of fused-ring (bicyclic) bond motifs is 5. The summed E-state index contributed by atoms with van der Waals surface area (Å²) in [6.07, 6.45) is 0.633. The Morgan fingerprint density at radius 1 is 1.03 bits per heavy atom. The van der Waals surface area contributed by atoms with Gasteiger partial charge in [-0.3, -0.25) is 9.59 Å². The minimum atomic E-state index is -1.20. The average molecular weight is 525 g/mol. The van der Waals surface area contributed by atoms with Crippen LogP contribution in [0.4, 0.5) is 10.5 Å². The predicted octanol–water partition coefficient (Wildman–Crippen LogP) is 4.36. The van der Waals surface area contributed by atoms with Gasteiger partial charge in [-0.25, -0.2) is 9.69 Å². The molecular formula is C30H28N4O5. The zero-order chi connectivity index (χ0) is 27.3. The van der Waals surface area contributed by atoms with Crippen LogP contribution in [0.25, 0.3) is 10.9 Å². The van der Waals surface area contributed by atoms with Gasteiger partial charge in [0.05, 0.1) is 31.2 Å². The molecule has 3 heterocycles. The van der Waals surface area contributed by atoms with Crippen LogP contribution in [0.15, 0.2) is 66.7 Å². The molecule has 9 heteroatoms. The number of para-hydroxylation sites is 2. The number of rotatable bonds is 6. The highest BCUT2D eigenvalue weighted by atomic mass is 16.5. The molecule has 3 aromatic carbocycles. The van der Waals surface area contributed by atoms with E-state index in [1.54, 1.807) is 62.4 Å². The van der Waals surface area contributed by atoms with E-state index >= 15 is 0 Å². The first-order valence-electron chi connectivity index (χ1n) is 12.7. The molecule has 1 fully saturated rings. The van der Waals surface area contributed by atoms with Crippen LogP contribution < -0.4 is 19.7 Å². The maximum absolute atomic E-state index is 14.1. The minimum absolute atomic E-state index is 0.185. The third kappa shape index (κ3) is 3.64. The van der Waals surface area contributed by atoms with E-state index in [1.165, 1.54) is 0 Å². The molecule has 1 saturated heterocycles. The Morgan fingerprint density at radius 3 is 2.59 bits per heavy atom. The number of hydrogen-bond donors (Lipinski definition) is 2. The summed E-state index contributed by atoms with van der Waals surface area (Å²) < 4.78 is 10.7. The number of methoxy groups -OCH3 is 2. The van der Waals surface area contributed by atoms with Crippen LogP contribution in [-0.2, 0) is 23.3 Å². The van der Waals surface area contributed by atoms with Crippen LogP contribution >= 0.6 is 0 Å². The fourth-order valence-corrected chi connectivity index (χ4v) is 5.73. The number of amides is 4. The maximum Gasteiger partial charge on any atom is 0.332 e. The summed E-state index contributed by atoms with van der Waals surface area (Å²) in [6.45, 7) is 2.36. The Kier molecular flexibility index (Phi) is 5.79. The molecule has 0 saturated carbocycles. The smallest absolute Gasteiger partial charge is 0.332 e. The zero-order valence-electron chi connectivity index (χ0n) is 21.9. The molecule has 1 atom stereocenters. The molecule has 0 aliphatic carbocycles. The zero-order valence-corrected chi connectivity index (χ0v) is 21.9. The van der Waals surface area contributed by atoms with Crippen molar-refractivity contribution in [2.75, 3.05) is 25.7 Å². The fourth-order valence-electron chi connectivity index (χ4n) is 5.73. The fraction of sp³-hybridized carbons (Fsp3) is 0.233. The number of imide groups is 1. The molecule has 2 aliphatic heterocycles. The van der Waals surface area contributed by atoms with E-state index in [0.29, 0.717) is 24.5 Å². The number of urea groups is 1. The molecule has 0 bridgehead atoms. The molecule has 4 aromatic rings. The van der Waals surface area contributed by atoms with Crippen molar-refractivity contribution in [3.63, 3.8) is 0 Å². The number of aromatic nitrogens is 1. The second-order valence-corrected chi connectivity index (χ2v) is 9.80. The molecule has 198 valence electrons. The van der Waals surface area contributed by atoms with Crippen molar-refractivity contribution in [3.05, 3.63) is 89.1 Å². The number of aromatic amines is 1. The molecule has 6 rings (SSSR count). The van der Waals surface area contributed by atoms with Crippen molar-refractivity contribution >= 4 is 34.4 Å². The minimum Gasteiger partial charge on any atom is -0.497 e. The van der Waals surface area contributed by atoms with Gasteiger partial charge in [0.25, 0.3) is 11.8 Å². The van der Waals surface area contributed by atoms with Gasteiger partial charge in [-0.1, -0.05) is 30.3 Å². The molecule has 0 unspecified atom stereocenters. The Labute approximate surface area is 225 Å². The normalized spacial score (nSPS) is 18.2. The number of carbonyl (C=O) groups excluding carboxylic acids is 3. The van der Waals surface area contributed by atoms with E-state index in [1.807, 2.05) is 30.3 Å². The van der Waals surface area contributed by atoms with E-state index in [2.05, 4.69) is 10.3 Å². The molecule has 9 nitrogen and oxygen atoms in total. The highest BCUT2D eigenvalue weighted by molar-refractivity contribution is 6.25. The number of nitrogens with one attached hydrogen (secondary N) is 2. The first-order chi connectivity index (χ1) is 18.9. The average Bonchev–Trinajstić information content (AvgIpc) is 3.44. The number of hydrogen-bond acceptors (Lipinski definition) is 5. The number of nitrogens with zero attached hydrogens (tertiary/aromatic N) is 2. The lowest BCUT2D eigenvalue weighted by atomic mass is 9.87. The van der Waals surface area contributed by atoms with Gasteiger partial charge in [0.1, 0.15) is 11.5 Å². The monoisotopic (exact) mass is 524 g/mol. The molecular weight excluding hydrogens is 496 g/mol. The largest absolute Gasteiger partial charge is 0.497 e. The first-order valence-corrected chi connectivity index (χ1v) is 12.7. The van der Waals surface area contributed by atoms with E-state index in [9.17, 15) is 14.4 Å². The summed E-state index contributed by atoms with van der Waals surface area (Å²) >= 11 is 0. The van der Waals surface area contributed by atoms with E-state index in [4.69, 9.17) is 9.47 Å². The summed E-state index contributed by atoms with van der Waals surface area (Å²) in [6, 6.07) is 19.5. The van der Waals surface area contributed by atoms with Crippen molar-refractivity contribution in [1.29, 1.82) is 0 Å². The van der Waals surface area contributed by atoms with Crippen molar-refractivity contribution in [2.24, 2.45) is 0 Å². The Bertz CT molecular complexity index is 1640. The second kappa shape index (κ2) is 9.20. The third-order valence-electron chi connectivity index (χ3n) is 7.79. The summed E-state index contributed by atoms with van der Waals surface area (Å²) in [5, 5.41) is 3.95. The van der Waals surface area contributed by atoms with Crippen molar-refractivity contribution in [2.45, 2.75) is 25.4 Å². The predicted molar refractivity (Wildman–Crippen MR) is 146 cm³/mol. The van der Waals surface area contributed by atoms with Crippen LogP contribution in [0.5, 0.6) is 11.5 Å². The lowest BCUT2D eigenvalue weighted by molar-refractivity contribution is -0.125. The number of H-pyrrole nitrogens is 1. The van der Waals surface area contributed by atoms with Crippen LogP contribution in [-0.4, -0.2) is 48.5 Å². The highest BCUT2D eigenvalue weighted by Crippen LogP contribution is 2.45. The highest BCUT2D eigenvalue weighted by Gasteiger charge is 2.59. The topological polar surface area (TPSA) is 104 Å². The summed E-state index contributed by atoms with van der Waals surface area (Å²) in [5.74, 6) is 0.413. The number of carbonyl (C=O) groups is 3. The van der Waals surface area contributed by atoms with Crippen molar-refractivity contribution in [1.82, 2.24) is 15.2 Å². The quantitative estimate of drug-likeness (QED) is 0.365. The van der Waals surface area contributed by atoms with Gasteiger partial charge in [0, 0.05) is 35.6 Å². The van der Waals surface area contributed by atoms with Gasteiger partial charge in [-0.05, 0) is 49.2 Å². The van der Waals surface area contributed by atoms with Gasteiger partial charge >= 0.3 is 6.03 Å². The SMILES string of the molecule is COc1ccc(CNC(=O)c2ccccc2N2C(=O)N3CCc4c([nH]c5ccccc45)[C@@]3(C)C2=O)c(OC)c1. The molecule has 2 N–H and O–H groups in total. The van der Waals surface area contributed by atoms with Gasteiger partial charge in [-0.15, -0.1) is 0 Å². The standard InChI is InChI=1S/C30H28N4O5/c1-30-26-21(20-8-4-6-10-23(20)32-26)14-15-33(30)29(37)34(28(30)36)24-11-7-5-9-22(24)27(35)31-17-18-12-13-19(38-2)16-25(18)39-3/h4-13,16,32H,14-15,17H2,1-3H3,(H,31,35)/t30-/m0/s1. The Hall–Kier alpha value is -4.79. The van der Waals surface area contributed by atoms with Gasteiger partial charge in [0.15, 0.2) is 5.54 Å². The summed E-state index contributed by atoms with van der Waals surface area (Å²) in [4.78, 5) is 47.4. The molecule has 0 radical (unpaired) electrons. The van der Waals surface area contributed by atoms with Gasteiger partial charge in [0.2, 0.25) is 0 Å². The van der Waals surface area contributed by atoms with Gasteiger partial charge in [-0.2, -0.15) is 0 Å². The number of anilines is 1. The Morgan fingerprint density at radius 2 is 1.79 bits per heavy atom. The number of benzene rings is 3. The Balaban J connectivity index is 1.33. The molecule has 0 spiro atoms. The van der Waals surface area contributed by atoms with E-state index in [0.717, 1.165) is 32.6 Å². The van der Waals surface area contributed by atoms with Crippen molar-refractivity contribution in [3.8, 4) is 11.5 Å². The van der Waals surface area contributed by atoms with Crippen LogP contribution in [0, 0.1) is 0 Å².